The van der Waals surface area contributed by atoms with E-state index in [1.807, 2.05) is 0 Å². The van der Waals surface area contributed by atoms with Crippen LogP contribution in [0.15, 0.2) is 24.3 Å². The highest BCUT2D eigenvalue weighted by molar-refractivity contribution is 6.32. The smallest absolute Gasteiger partial charge is 0.338 e. The zero-order valence-corrected chi connectivity index (χ0v) is 10.3. The average molecular weight is 271 g/mol. The fraction of sp³-hybridized carbons (Fsp3) is 0.308. The predicted molar refractivity (Wildman–Crippen MR) is 65.7 cm³/mol. The van der Waals surface area contributed by atoms with Crippen LogP contribution in [0.5, 0.6) is 5.75 Å². The summed E-state index contributed by atoms with van der Waals surface area (Å²) >= 11 is 5.86. The van der Waals surface area contributed by atoms with Crippen molar-refractivity contribution >= 4 is 17.6 Å². The summed E-state index contributed by atoms with van der Waals surface area (Å²) in [6, 6.07) is 2.09. The number of aromatic carboxylic acids is 1. The third kappa shape index (κ3) is 2.82. The number of allylic oxidation sites excluding steroid dienone is 2. The van der Waals surface area contributed by atoms with E-state index in [0.717, 1.165) is 25.0 Å². The average Bonchev–Trinajstić information content (AvgIpc) is 2.82. The molecule has 0 saturated heterocycles. The van der Waals surface area contributed by atoms with Crippen molar-refractivity contribution in [3.63, 3.8) is 0 Å². The van der Waals surface area contributed by atoms with Crippen molar-refractivity contribution in [2.24, 2.45) is 5.92 Å². The molecular weight excluding hydrogens is 259 g/mol. The molecule has 0 radical (unpaired) electrons. The molecule has 0 aliphatic heterocycles. The number of carbonyl (C=O) groups is 1. The van der Waals surface area contributed by atoms with Crippen molar-refractivity contribution in [3.05, 3.63) is 40.7 Å². The van der Waals surface area contributed by atoms with Gasteiger partial charge in [0.15, 0.2) is 0 Å². The molecule has 96 valence electrons. The van der Waals surface area contributed by atoms with Crippen molar-refractivity contribution in [1.29, 1.82) is 0 Å². The second-order valence-corrected chi connectivity index (χ2v) is 4.59. The summed E-state index contributed by atoms with van der Waals surface area (Å²) in [6.45, 7) is 0.443. The van der Waals surface area contributed by atoms with Gasteiger partial charge in [-0.3, -0.25) is 0 Å². The van der Waals surface area contributed by atoms with Gasteiger partial charge in [-0.1, -0.05) is 23.8 Å². The Morgan fingerprint density at radius 3 is 2.72 bits per heavy atom. The number of hydrogen-bond donors (Lipinski definition) is 1. The van der Waals surface area contributed by atoms with E-state index in [-0.39, 0.29) is 10.8 Å². The van der Waals surface area contributed by atoms with Crippen LogP contribution in [0.4, 0.5) is 4.39 Å². The van der Waals surface area contributed by atoms with Gasteiger partial charge in [-0.25, -0.2) is 9.18 Å². The molecule has 1 aliphatic rings. The van der Waals surface area contributed by atoms with E-state index < -0.39 is 17.3 Å². The van der Waals surface area contributed by atoms with Crippen molar-refractivity contribution in [3.8, 4) is 5.75 Å². The fourth-order valence-electron chi connectivity index (χ4n) is 1.82. The normalized spacial score (nSPS) is 15.0. The standard InChI is InChI=1S/C13H12ClFO3/c14-10-5-9(13(16)17)11(15)6-12(10)18-7-8-3-1-2-4-8/h1-2,5-6,8H,3-4,7H2,(H,16,17). The highest BCUT2D eigenvalue weighted by Gasteiger charge is 2.16. The molecule has 0 amide bonds. The number of hydrogen-bond acceptors (Lipinski definition) is 2. The highest BCUT2D eigenvalue weighted by Crippen LogP contribution is 2.29. The molecule has 0 saturated carbocycles. The summed E-state index contributed by atoms with van der Waals surface area (Å²) in [7, 11) is 0. The Kier molecular flexibility index (Phi) is 3.87. The van der Waals surface area contributed by atoms with Gasteiger partial charge in [0.05, 0.1) is 17.2 Å². The van der Waals surface area contributed by atoms with E-state index in [4.69, 9.17) is 21.4 Å². The van der Waals surface area contributed by atoms with Gasteiger partial charge in [-0.05, 0) is 24.8 Å². The second-order valence-electron chi connectivity index (χ2n) is 4.19. The minimum Gasteiger partial charge on any atom is -0.492 e. The number of halogens is 2. The van der Waals surface area contributed by atoms with Gasteiger partial charge in [0.2, 0.25) is 0 Å². The van der Waals surface area contributed by atoms with Crippen LogP contribution in [-0.2, 0) is 0 Å². The maximum atomic E-state index is 13.4. The first-order chi connectivity index (χ1) is 8.58. The summed E-state index contributed by atoms with van der Waals surface area (Å²) in [5, 5.41) is 8.85. The molecule has 0 aromatic heterocycles. The van der Waals surface area contributed by atoms with Gasteiger partial charge in [0, 0.05) is 6.07 Å². The first-order valence-corrected chi connectivity index (χ1v) is 5.96. The van der Waals surface area contributed by atoms with Crippen molar-refractivity contribution in [1.82, 2.24) is 0 Å². The maximum Gasteiger partial charge on any atom is 0.338 e. The molecule has 0 atom stereocenters. The molecule has 1 aromatic carbocycles. The van der Waals surface area contributed by atoms with Crippen LogP contribution in [0.3, 0.4) is 0 Å². The predicted octanol–water partition coefficient (Wildman–Crippen LogP) is 3.52. The third-order valence-corrected chi connectivity index (χ3v) is 3.13. The van der Waals surface area contributed by atoms with E-state index in [0.29, 0.717) is 12.5 Å². The van der Waals surface area contributed by atoms with E-state index in [2.05, 4.69) is 12.2 Å². The minimum atomic E-state index is -1.35. The molecule has 5 heteroatoms. The highest BCUT2D eigenvalue weighted by atomic mass is 35.5. The largest absolute Gasteiger partial charge is 0.492 e. The van der Waals surface area contributed by atoms with Crippen LogP contribution in [0, 0.1) is 11.7 Å². The van der Waals surface area contributed by atoms with Crippen LogP contribution < -0.4 is 4.74 Å². The SMILES string of the molecule is O=C(O)c1cc(Cl)c(OCC2CC=CC2)cc1F. The number of carboxylic acid groups (broad SMARTS) is 1. The lowest BCUT2D eigenvalue weighted by Crippen LogP contribution is -2.09. The molecule has 1 N–H and O–H groups in total. The van der Waals surface area contributed by atoms with E-state index >= 15 is 0 Å². The molecule has 18 heavy (non-hydrogen) atoms. The molecule has 0 unspecified atom stereocenters. The summed E-state index contributed by atoms with van der Waals surface area (Å²) in [5.74, 6) is -1.62. The molecule has 0 bridgehead atoms. The lowest BCUT2D eigenvalue weighted by molar-refractivity contribution is 0.0692. The number of rotatable bonds is 4. The van der Waals surface area contributed by atoms with Gasteiger partial charge in [-0.2, -0.15) is 0 Å². The fourth-order valence-corrected chi connectivity index (χ4v) is 2.04. The Bertz CT molecular complexity index is 491. The lowest BCUT2D eigenvalue weighted by Gasteiger charge is -2.13. The van der Waals surface area contributed by atoms with Gasteiger partial charge in [0.1, 0.15) is 11.6 Å². The van der Waals surface area contributed by atoms with E-state index in [1.165, 1.54) is 0 Å². The van der Waals surface area contributed by atoms with Gasteiger partial charge < -0.3 is 9.84 Å². The summed E-state index contributed by atoms with van der Waals surface area (Å²) in [5.41, 5.74) is -0.449. The van der Waals surface area contributed by atoms with Crippen LogP contribution in [-0.4, -0.2) is 17.7 Å². The number of carboxylic acids is 1. The Morgan fingerprint density at radius 2 is 2.11 bits per heavy atom. The maximum absolute atomic E-state index is 13.4. The second kappa shape index (κ2) is 5.40. The Hall–Kier alpha value is -1.55. The molecule has 0 spiro atoms. The Balaban J connectivity index is 2.08. The zero-order valence-electron chi connectivity index (χ0n) is 9.53. The van der Waals surface area contributed by atoms with E-state index in [1.54, 1.807) is 0 Å². The quantitative estimate of drug-likeness (QED) is 0.852. The van der Waals surface area contributed by atoms with Crippen LogP contribution in [0.25, 0.3) is 0 Å². The summed E-state index contributed by atoms with van der Waals surface area (Å²) < 4.78 is 18.9. The summed E-state index contributed by atoms with van der Waals surface area (Å²) in [6.07, 6.45) is 6.02. The molecule has 1 aromatic rings. The molecule has 1 aliphatic carbocycles. The Labute approximate surface area is 109 Å². The molecular formula is C13H12ClFO3. The zero-order chi connectivity index (χ0) is 13.1. The van der Waals surface area contributed by atoms with Gasteiger partial charge >= 0.3 is 5.97 Å². The minimum absolute atomic E-state index is 0.111. The molecule has 0 heterocycles. The molecule has 2 rings (SSSR count). The summed E-state index contributed by atoms with van der Waals surface area (Å²) in [4.78, 5) is 10.7. The topological polar surface area (TPSA) is 46.5 Å². The molecule has 3 nitrogen and oxygen atoms in total. The van der Waals surface area contributed by atoms with Gasteiger partial charge in [-0.15, -0.1) is 0 Å². The monoisotopic (exact) mass is 270 g/mol. The number of benzene rings is 1. The van der Waals surface area contributed by atoms with Crippen molar-refractivity contribution in [2.75, 3.05) is 6.61 Å². The van der Waals surface area contributed by atoms with Crippen molar-refractivity contribution in [2.45, 2.75) is 12.8 Å². The van der Waals surface area contributed by atoms with E-state index in [9.17, 15) is 9.18 Å². The van der Waals surface area contributed by atoms with Gasteiger partial charge in [0.25, 0.3) is 0 Å². The third-order valence-electron chi connectivity index (χ3n) is 2.83. The van der Waals surface area contributed by atoms with Crippen LogP contribution in [0.2, 0.25) is 5.02 Å². The first-order valence-electron chi connectivity index (χ1n) is 5.58. The first kappa shape index (κ1) is 12.9. The van der Waals surface area contributed by atoms with Crippen LogP contribution in [0.1, 0.15) is 23.2 Å². The Morgan fingerprint density at radius 1 is 1.44 bits per heavy atom. The van der Waals surface area contributed by atoms with Crippen molar-refractivity contribution < 1.29 is 19.0 Å². The molecule has 0 fully saturated rings. The van der Waals surface area contributed by atoms with Crippen LogP contribution >= 0.6 is 11.6 Å². The lowest BCUT2D eigenvalue weighted by atomic mass is 10.1. The number of ether oxygens (including phenoxy) is 1.